The number of thiocarbonyl (C=S) groups is 1. The number of rotatable bonds is 7. The summed E-state index contributed by atoms with van der Waals surface area (Å²) in [5.74, 6) is 0.750. The molecule has 2 aromatic carbocycles. The summed E-state index contributed by atoms with van der Waals surface area (Å²) in [5.41, 5.74) is 12.6. The SMILES string of the molecule is NC(=O)O[C@@H](Cc1ccc(OCc2ccccc2)cc1)C(N)=S. The van der Waals surface area contributed by atoms with Crippen molar-refractivity contribution in [3.05, 3.63) is 65.7 Å². The molecule has 0 aliphatic carbocycles. The number of carbonyl (C=O) groups is 1. The number of carbonyl (C=O) groups excluding carboxylic acids is 1. The van der Waals surface area contributed by atoms with E-state index in [0.29, 0.717) is 13.0 Å². The Morgan fingerprint density at radius 1 is 1.00 bits per heavy atom. The fraction of sp³-hybridized carbons (Fsp3) is 0.176. The summed E-state index contributed by atoms with van der Waals surface area (Å²) >= 11 is 4.88. The van der Waals surface area contributed by atoms with Crippen LogP contribution in [0.25, 0.3) is 0 Å². The Bertz CT molecular complexity index is 659. The van der Waals surface area contributed by atoms with Crippen LogP contribution in [0.15, 0.2) is 54.6 Å². The second kappa shape index (κ2) is 8.14. The second-order valence-electron chi connectivity index (χ2n) is 4.95. The quantitative estimate of drug-likeness (QED) is 0.762. The Morgan fingerprint density at radius 3 is 2.22 bits per heavy atom. The van der Waals surface area contributed by atoms with Crippen LogP contribution in [0.2, 0.25) is 0 Å². The predicted octanol–water partition coefficient (Wildman–Crippen LogP) is 2.56. The normalized spacial score (nSPS) is 11.5. The molecule has 0 saturated carbocycles. The van der Waals surface area contributed by atoms with Crippen LogP contribution in [0.5, 0.6) is 5.75 Å². The molecular weight excluding hydrogens is 312 g/mol. The molecule has 0 spiro atoms. The minimum Gasteiger partial charge on any atom is -0.489 e. The van der Waals surface area contributed by atoms with Gasteiger partial charge in [-0.05, 0) is 23.3 Å². The van der Waals surface area contributed by atoms with E-state index >= 15 is 0 Å². The molecule has 23 heavy (non-hydrogen) atoms. The molecule has 0 fully saturated rings. The average Bonchev–Trinajstić information content (AvgIpc) is 2.54. The van der Waals surface area contributed by atoms with Gasteiger partial charge in [-0.3, -0.25) is 0 Å². The first-order chi connectivity index (χ1) is 11.0. The standard InChI is InChI=1S/C17H18N2O3S/c18-16(23)15(22-17(19)20)10-12-6-8-14(9-7-12)21-11-13-4-2-1-3-5-13/h1-9,15H,10-11H2,(H2,18,23)(H2,19,20)/t15-/m0/s1. The first-order valence-electron chi connectivity index (χ1n) is 7.05. The van der Waals surface area contributed by atoms with Gasteiger partial charge in [0.1, 0.15) is 17.3 Å². The van der Waals surface area contributed by atoms with E-state index in [9.17, 15) is 4.79 Å². The summed E-state index contributed by atoms with van der Waals surface area (Å²) in [4.78, 5) is 10.9. The molecule has 120 valence electrons. The van der Waals surface area contributed by atoms with Crippen LogP contribution in [-0.2, 0) is 17.8 Å². The maximum absolute atomic E-state index is 10.8. The molecule has 0 saturated heterocycles. The summed E-state index contributed by atoms with van der Waals surface area (Å²) < 4.78 is 10.6. The van der Waals surface area contributed by atoms with Crippen LogP contribution < -0.4 is 16.2 Å². The van der Waals surface area contributed by atoms with Crippen molar-refractivity contribution in [1.29, 1.82) is 0 Å². The van der Waals surface area contributed by atoms with E-state index in [0.717, 1.165) is 16.9 Å². The molecule has 6 heteroatoms. The molecule has 2 rings (SSSR count). The van der Waals surface area contributed by atoms with Crippen LogP contribution in [-0.4, -0.2) is 17.2 Å². The van der Waals surface area contributed by atoms with Gasteiger partial charge >= 0.3 is 6.09 Å². The predicted molar refractivity (Wildman–Crippen MR) is 92.2 cm³/mol. The summed E-state index contributed by atoms with van der Waals surface area (Å²) in [6.45, 7) is 0.500. The molecule has 1 amide bonds. The van der Waals surface area contributed by atoms with Crippen LogP contribution in [0.1, 0.15) is 11.1 Å². The number of benzene rings is 2. The maximum atomic E-state index is 10.8. The first kappa shape index (κ1) is 16.8. The van der Waals surface area contributed by atoms with Crippen molar-refractivity contribution < 1.29 is 14.3 Å². The number of hydrogen-bond donors (Lipinski definition) is 2. The Morgan fingerprint density at radius 2 is 1.65 bits per heavy atom. The van der Waals surface area contributed by atoms with Gasteiger partial charge in [0.05, 0.1) is 0 Å². The van der Waals surface area contributed by atoms with Crippen LogP contribution in [0, 0.1) is 0 Å². The lowest BCUT2D eigenvalue weighted by Gasteiger charge is -2.15. The lowest BCUT2D eigenvalue weighted by molar-refractivity contribution is 0.137. The van der Waals surface area contributed by atoms with E-state index in [4.69, 9.17) is 33.2 Å². The molecule has 2 aromatic rings. The smallest absolute Gasteiger partial charge is 0.405 e. The van der Waals surface area contributed by atoms with E-state index < -0.39 is 12.2 Å². The van der Waals surface area contributed by atoms with Crippen LogP contribution in [0.4, 0.5) is 4.79 Å². The Labute approximate surface area is 140 Å². The monoisotopic (exact) mass is 330 g/mol. The van der Waals surface area contributed by atoms with E-state index in [1.165, 1.54) is 0 Å². The third-order valence-corrected chi connectivity index (χ3v) is 3.43. The highest BCUT2D eigenvalue weighted by molar-refractivity contribution is 7.80. The molecule has 0 unspecified atom stereocenters. The fourth-order valence-corrected chi connectivity index (χ4v) is 2.15. The summed E-state index contributed by atoms with van der Waals surface area (Å²) in [5, 5.41) is 0. The molecule has 0 heterocycles. The highest BCUT2D eigenvalue weighted by Crippen LogP contribution is 2.16. The fourth-order valence-electron chi connectivity index (χ4n) is 2.02. The van der Waals surface area contributed by atoms with Crippen molar-refractivity contribution in [3.63, 3.8) is 0 Å². The number of amides is 1. The Kier molecular flexibility index (Phi) is 5.94. The lowest BCUT2D eigenvalue weighted by atomic mass is 10.1. The van der Waals surface area contributed by atoms with E-state index in [2.05, 4.69) is 0 Å². The summed E-state index contributed by atoms with van der Waals surface area (Å²) in [7, 11) is 0. The van der Waals surface area contributed by atoms with Crippen molar-refractivity contribution in [2.45, 2.75) is 19.1 Å². The molecule has 0 bridgehead atoms. The van der Waals surface area contributed by atoms with Crippen molar-refractivity contribution in [2.24, 2.45) is 11.5 Å². The lowest BCUT2D eigenvalue weighted by Crippen LogP contribution is -2.35. The molecular formula is C17H18N2O3S. The molecule has 0 radical (unpaired) electrons. The van der Waals surface area contributed by atoms with Crippen molar-refractivity contribution >= 4 is 23.3 Å². The van der Waals surface area contributed by atoms with Crippen molar-refractivity contribution in [3.8, 4) is 5.75 Å². The van der Waals surface area contributed by atoms with Crippen LogP contribution in [0.3, 0.4) is 0 Å². The molecule has 5 nitrogen and oxygen atoms in total. The van der Waals surface area contributed by atoms with E-state index in [-0.39, 0.29) is 4.99 Å². The average molecular weight is 330 g/mol. The summed E-state index contributed by atoms with van der Waals surface area (Å²) in [6.07, 6.45) is -1.23. The van der Waals surface area contributed by atoms with Crippen molar-refractivity contribution in [1.82, 2.24) is 0 Å². The number of primary amides is 1. The van der Waals surface area contributed by atoms with Gasteiger partial charge in [0, 0.05) is 6.42 Å². The first-order valence-corrected chi connectivity index (χ1v) is 7.46. The third-order valence-electron chi connectivity index (χ3n) is 3.17. The zero-order chi connectivity index (χ0) is 16.7. The molecule has 0 aromatic heterocycles. The number of hydrogen-bond acceptors (Lipinski definition) is 4. The largest absolute Gasteiger partial charge is 0.489 e. The molecule has 1 atom stereocenters. The zero-order valence-corrected chi connectivity index (χ0v) is 13.3. The molecule has 4 N–H and O–H groups in total. The van der Waals surface area contributed by atoms with Gasteiger partial charge in [-0.1, -0.05) is 54.7 Å². The van der Waals surface area contributed by atoms with Gasteiger partial charge in [0.2, 0.25) is 0 Å². The van der Waals surface area contributed by atoms with Crippen LogP contribution >= 0.6 is 12.2 Å². The van der Waals surface area contributed by atoms with E-state index in [1.54, 1.807) is 0 Å². The van der Waals surface area contributed by atoms with Gasteiger partial charge in [0.25, 0.3) is 0 Å². The Balaban J connectivity index is 1.93. The second-order valence-corrected chi connectivity index (χ2v) is 5.42. The van der Waals surface area contributed by atoms with Gasteiger partial charge in [-0.15, -0.1) is 0 Å². The number of nitrogens with two attached hydrogens (primary N) is 2. The minimum absolute atomic E-state index is 0.0909. The highest BCUT2D eigenvalue weighted by Gasteiger charge is 2.16. The highest BCUT2D eigenvalue weighted by atomic mass is 32.1. The maximum Gasteiger partial charge on any atom is 0.405 e. The van der Waals surface area contributed by atoms with E-state index in [1.807, 2.05) is 54.6 Å². The zero-order valence-electron chi connectivity index (χ0n) is 12.5. The topological polar surface area (TPSA) is 87.6 Å². The minimum atomic E-state index is -0.898. The molecule has 0 aliphatic heterocycles. The van der Waals surface area contributed by atoms with Gasteiger partial charge in [0.15, 0.2) is 6.10 Å². The van der Waals surface area contributed by atoms with Gasteiger partial charge in [-0.25, -0.2) is 4.79 Å². The van der Waals surface area contributed by atoms with Gasteiger partial charge < -0.3 is 20.9 Å². The third kappa shape index (κ3) is 5.60. The Hall–Kier alpha value is -2.60. The van der Waals surface area contributed by atoms with Gasteiger partial charge in [-0.2, -0.15) is 0 Å². The number of ether oxygens (including phenoxy) is 2. The molecule has 0 aliphatic rings. The van der Waals surface area contributed by atoms with Crippen molar-refractivity contribution in [2.75, 3.05) is 0 Å². The summed E-state index contributed by atoms with van der Waals surface area (Å²) in [6, 6.07) is 17.3.